The number of benzene rings is 3. The molecule has 0 fully saturated rings. The first-order chi connectivity index (χ1) is 9.55. The average molecular weight is 262 g/mol. The van der Waals surface area contributed by atoms with Crippen LogP contribution in [0.15, 0.2) is 66.7 Å². The van der Waals surface area contributed by atoms with E-state index in [1.54, 1.807) is 0 Å². The van der Waals surface area contributed by atoms with Gasteiger partial charge < -0.3 is 5.11 Å². The van der Waals surface area contributed by atoms with Crippen molar-refractivity contribution < 1.29 is 5.11 Å². The topological polar surface area (TPSA) is 20.2 Å². The standard InChI is InChI=1S/C19H18O/c1-19(2,20)18-13-16-11-7-6-10-15(16)12-17(18)14-8-4-3-5-9-14/h3-13,20H,1-2H3. The van der Waals surface area contributed by atoms with Crippen LogP contribution in [0.25, 0.3) is 21.9 Å². The highest BCUT2D eigenvalue weighted by Crippen LogP contribution is 2.34. The first-order valence-electron chi connectivity index (χ1n) is 6.87. The molecule has 0 aromatic heterocycles. The first kappa shape index (κ1) is 12.9. The van der Waals surface area contributed by atoms with Crippen molar-refractivity contribution in [2.45, 2.75) is 19.4 Å². The molecular formula is C19H18O. The first-order valence-corrected chi connectivity index (χ1v) is 6.87. The summed E-state index contributed by atoms with van der Waals surface area (Å²) in [5.41, 5.74) is 2.32. The summed E-state index contributed by atoms with van der Waals surface area (Å²) in [7, 11) is 0. The van der Waals surface area contributed by atoms with E-state index in [9.17, 15) is 5.11 Å². The van der Waals surface area contributed by atoms with Crippen molar-refractivity contribution in [1.82, 2.24) is 0 Å². The van der Waals surface area contributed by atoms with Crippen LogP contribution in [0.3, 0.4) is 0 Å². The van der Waals surface area contributed by atoms with E-state index in [-0.39, 0.29) is 0 Å². The van der Waals surface area contributed by atoms with E-state index in [0.29, 0.717) is 0 Å². The maximum Gasteiger partial charge on any atom is 0.0846 e. The normalized spacial score (nSPS) is 11.8. The van der Waals surface area contributed by atoms with Gasteiger partial charge in [-0.2, -0.15) is 0 Å². The van der Waals surface area contributed by atoms with Crippen molar-refractivity contribution in [1.29, 1.82) is 0 Å². The van der Waals surface area contributed by atoms with Crippen LogP contribution in [0, 0.1) is 0 Å². The maximum atomic E-state index is 10.5. The van der Waals surface area contributed by atoms with Crippen LogP contribution in [0.1, 0.15) is 19.4 Å². The van der Waals surface area contributed by atoms with Gasteiger partial charge in [-0.05, 0) is 53.4 Å². The van der Waals surface area contributed by atoms with Gasteiger partial charge in [0.1, 0.15) is 0 Å². The molecule has 0 radical (unpaired) electrons. The molecule has 3 aromatic carbocycles. The lowest BCUT2D eigenvalue weighted by Crippen LogP contribution is -2.16. The van der Waals surface area contributed by atoms with Gasteiger partial charge in [0, 0.05) is 0 Å². The van der Waals surface area contributed by atoms with Crippen molar-refractivity contribution in [3.63, 3.8) is 0 Å². The quantitative estimate of drug-likeness (QED) is 0.707. The molecule has 3 aromatic rings. The molecule has 0 aliphatic rings. The summed E-state index contributed by atoms with van der Waals surface area (Å²) in [6.07, 6.45) is 0. The minimum atomic E-state index is -0.866. The van der Waals surface area contributed by atoms with Crippen LogP contribution in [0.4, 0.5) is 0 Å². The number of rotatable bonds is 2. The van der Waals surface area contributed by atoms with E-state index in [1.807, 2.05) is 44.2 Å². The van der Waals surface area contributed by atoms with Gasteiger partial charge in [0.05, 0.1) is 5.60 Å². The van der Waals surface area contributed by atoms with Crippen LogP contribution in [0.2, 0.25) is 0 Å². The van der Waals surface area contributed by atoms with E-state index >= 15 is 0 Å². The molecule has 1 heteroatoms. The van der Waals surface area contributed by atoms with E-state index in [0.717, 1.165) is 22.1 Å². The van der Waals surface area contributed by atoms with Gasteiger partial charge in [0.2, 0.25) is 0 Å². The number of hydrogen-bond acceptors (Lipinski definition) is 1. The molecule has 1 nitrogen and oxygen atoms in total. The van der Waals surface area contributed by atoms with Crippen LogP contribution in [-0.4, -0.2) is 5.11 Å². The third-order valence-electron chi connectivity index (χ3n) is 3.63. The zero-order valence-corrected chi connectivity index (χ0v) is 11.8. The molecule has 0 amide bonds. The Balaban J connectivity index is 2.33. The van der Waals surface area contributed by atoms with Crippen molar-refractivity contribution >= 4 is 10.8 Å². The second-order valence-corrected chi connectivity index (χ2v) is 5.67. The smallest absolute Gasteiger partial charge is 0.0846 e. The summed E-state index contributed by atoms with van der Waals surface area (Å²) in [6.45, 7) is 3.67. The van der Waals surface area contributed by atoms with Gasteiger partial charge in [-0.3, -0.25) is 0 Å². The summed E-state index contributed by atoms with van der Waals surface area (Å²) in [5, 5.41) is 12.8. The molecule has 0 aliphatic heterocycles. The summed E-state index contributed by atoms with van der Waals surface area (Å²) in [5.74, 6) is 0. The third-order valence-corrected chi connectivity index (χ3v) is 3.63. The van der Waals surface area contributed by atoms with Crippen LogP contribution < -0.4 is 0 Å². The fraction of sp³-hybridized carbons (Fsp3) is 0.158. The highest BCUT2D eigenvalue weighted by molar-refractivity contribution is 5.89. The number of fused-ring (bicyclic) bond motifs is 1. The lowest BCUT2D eigenvalue weighted by atomic mass is 9.87. The number of hydrogen-bond donors (Lipinski definition) is 1. The third kappa shape index (κ3) is 2.33. The van der Waals surface area contributed by atoms with E-state index in [4.69, 9.17) is 0 Å². The Labute approximate surface area is 119 Å². The van der Waals surface area contributed by atoms with Crippen LogP contribution >= 0.6 is 0 Å². The Morgan fingerprint density at radius 2 is 1.30 bits per heavy atom. The van der Waals surface area contributed by atoms with Crippen molar-refractivity contribution in [2.24, 2.45) is 0 Å². The van der Waals surface area contributed by atoms with Gasteiger partial charge in [0.25, 0.3) is 0 Å². The zero-order valence-electron chi connectivity index (χ0n) is 11.8. The van der Waals surface area contributed by atoms with Gasteiger partial charge in [0.15, 0.2) is 0 Å². The van der Waals surface area contributed by atoms with Gasteiger partial charge in [-0.15, -0.1) is 0 Å². The molecular weight excluding hydrogens is 244 g/mol. The molecule has 0 unspecified atom stereocenters. The van der Waals surface area contributed by atoms with Crippen LogP contribution in [-0.2, 0) is 5.60 Å². The molecule has 20 heavy (non-hydrogen) atoms. The second kappa shape index (κ2) is 4.77. The molecule has 0 spiro atoms. The van der Waals surface area contributed by atoms with Crippen LogP contribution in [0.5, 0.6) is 0 Å². The minimum Gasteiger partial charge on any atom is -0.386 e. The number of aliphatic hydroxyl groups is 1. The van der Waals surface area contributed by atoms with E-state index < -0.39 is 5.60 Å². The lowest BCUT2D eigenvalue weighted by Gasteiger charge is -2.23. The predicted octanol–water partition coefficient (Wildman–Crippen LogP) is 4.73. The summed E-state index contributed by atoms with van der Waals surface area (Å²) < 4.78 is 0. The van der Waals surface area contributed by atoms with E-state index in [1.165, 1.54) is 5.39 Å². The Morgan fingerprint density at radius 1 is 0.750 bits per heavy atom. The Kier molecular flexibility index (Phi) is 3.07. The van der Waals surface area contributed by atoms with Crippen molar-refractivity contribution in [2.75, 3.05) is 0 Å². The van der Waals surface area contributed by atoms with Gasteiger partial charge in [-0.1, -0.05) is 54.6 Å². The SMILES string of the molecule is CC(C)(O)c1cc2ccccc2cc1-c1ccccc1. The van der Waals surface area contributed by atoms with Gasteiger partial charge >= 0.3 is 0 Å². The highest BCUT2D eigenvalue weighted by atomic mass is 16.3. The fourth-order valence-electron chi connectivity index (χ4n) is 2.60. The Bertz CT molecular complexity index is 737. The molecule has 1 N–H and O–H groups in total. The van der Waals surface area contributed by atoms with Crippen molar-refractivity contribution in [3.05, 3.63) is 72.3 Å². The molecule has 0 atom stereocenters. The fourth-order valence-corrected chi connectivity index (χ4v) is 2.60. The van der Waals surface area contributed by atoms with E-state index in [2.05, 4.69) is 36.4 Å². The molecule has 0 saturated heterocycles. The molecule has 0 heterocycles. The minimum absolute atomic E-state index is 0.866. The monoisotopic (exact) mass is 262 g/mol. The molecule has 3 rings (SSSR count). The maximum absolute atomic E-state index is 10.5. The summed E-state index contributed by atoms with van der Waals surface area (Å²) in [6, 6.07) is 22.7. The van der Waals surface area contributed by atoms with Gasteiger partial charge in [-0.25, -0.2) is 0 Å². The molecule has 100 valence electrons. The second-order valence-electron chi connectivity index (χ2n) is 5.67. The average Bonchev–Trinajstić information content (AvgIpc) is 2.46. The zero-order chi connectivity index (χ0) is 14.2. The largest absolute Gasteiger partial charge is 0.386 e. The Hall–Kier alpha value is -2.12. The Morgan fingerprint density at radius 3 is 1.90 bits per heavy atom. The highest BCUT2D eigenvalue weighted by Gasteiger charge is 2.21. The molecule has 0 aliphatic carbocycles. The lowest BCUT2D eigenvalue weighted by molar-refractivity contribution is 0.0793. The molecule has 0 bridgehead atoms. The summed E-state index contributed by atoms with van der Waals surface area (Å²) >= 11 is 0. The molecule has 0 saturated carbocycles. The predicted molar refractivity (Wildman–Crippen MR) is 84.6 cm³/mol. The summed E-state index contributed by atoms with van der Waals surface area (Å²) in [4.78, 5) is 0. The van der Waals surface area contributed by atoms with Crippen molar-refractivity contribution in [3.8, 4) is 11.1 Å².